The first-order valence-electron chi connectivity index (χ1n) is 5.68. The Morgan fingerprint density at radius 3 is 2.67 bits per heavy atom. The highest BCUT2D eigenvalue weighted by atomic mass is 16.4. The van der Waals surface area contributed by atoms with Gasteiger partial charge in [-0.1, -0.05) is 13.3 Å². The number of aromatic nitrogens is 1. The number of amides is 1. The molecule has 0 saturated carbocycles. The third-order valence-corrected chi connectivity index (χ3v) is 2.48. The molecule has 0 aliphatic carbocycles. The Kier molecular flexibility index (Phi) is 4.65. The fraction of sp³-hybridized carbons (Fsp3) is 0.417. The third kappa shape index (κ3) is 3.44. The minimum absolute atomic E-state index is 0.0806. The fourth-order valence-electron chi connectivity index (χ4n) is 1.53. The molecular formula is C12H16N2O4. The van der Waals surface area contributed by atoms with Crippen LogP contribution in [0.3, 0.4) is 0 Å². The van der Waals surface area contributed by atoms with Crippen molar-refractivity contribution in [1.82, 2.24) is 10.3 Å². The van der Waals surface area contributed by atoms with E-state index in [2.05, 4.69) is 10.3 Å². The van der Waals surface area contributed by atoms with Crippen molar-refractivity contribution in [3.8, 4) is 0 Å². The highest BCUT2D eigenvalue weighted by Crippen LogP contribution is 1.99. The number of hydrogen-bond acceptors (Lipinski definition) is 3. The van der Waals surface area contributed by atoms with E-state index < -0.39 is 23.3 Å². The number of aryl methyl sites for hydroxylation is 1. The first-order valence-corrected chi connectivity index (χ1v) is 5.68. The molecule has 98 valence electrons. The molecule has 0 aromatic carbocycles. The molecule has 6 nitrogen and oxygen atoms in total. The van der Waals surface area contributed by atoms with Crippen LogP contribution in [-0.2, 0) is 4.79 Å². The molecule has 0 radical (unpaired) electrons. The average molecular weight is 252 g/mol. The summed E-state index contributed by atoms with van der Waals surface area (Å²) in [4.78, 5) is 37.0. The van der Waals surface area contributed by atoms with Crippen LogP contribution in [-0.4, -0.2) is 28.0 Å². The van der Waals surface area contributed by atoms with Crippen LogP contribution < -0.4 is 10.7 Å². The Labute approximate surface area is 104 Å². The lowest BCUT2D eigenvalue weighted by atomic mass is 10.1. The van der Waals surface area contributed by atoms with Crippen LogP contribution in [0.15, 0.2) is 17.1 Å². The van der Waals surface area contributed by atoms with E-state index >= 15 is 0 Å². The predicted molar refractivity (Wildman–Crippen MR) is 65.6 cm³/mol. The van der Waals surface area contributed by atoms with Crippen LogP contribution in [0, 0.1) is 6.92 Å². The minimum atomic E-state index is -1.10. The van der Waals surface area contributed by atoms with Gasteiger partial charge in [0.05, 0.1) is 0 Å². The summed E-state index contributed by atoms with van der Waals surface area (Å²) >= 11 is 0. The van der Waals surface area contributed by atoms with E-state index in [1.807, 2.05) is 6.92 Å². The molecule has 1 rings (SSSR count). The van der Waals surface area contributed by atoms with E-state index in [9.17, 15) is 14.4 Å². The maximum Gasteiger partial charge on any atom is 0.326 e. The highest BCUT2D eigenvalue weighted by Gasteiger charge is 2.20. The molecule has 1 heterocycles. The molecule has 18 heavy (non-hydrogen) atoms. The Morgan fingerprint density at radius 1 is 1.50 bits per heavy atom. The van der Waals surface area contributed by atoms with E-state index in [1.165, 1.54) is 12.3 Å². The molecule has 1 atom stereocenters. The van der Waals surface area contributed by atoms with Crippen molar-refractivity contribution in [2.45, 2.75) is 32.7 Å². The summed E-state index contributed by atoms with van der Waals surface area (Å²) in [6, 6.07) is 0.327. The number of carboxylic acids is 1. The number of aromatic amines is 1. The van der Waals surface area contributed by atoms with E-state index in [0.717, 1.165) is 0 Å². The molecule has 0 saturated heterocycles. The van der Waals surface area contributed by atoms with Gasteiger partial charge in [0.15, 0.2) is 5.43 Å². The zero-order chi connectivity index (χ0) is 13.7. The number of rotatable bonds is 5. The second kappa shape index (κ2) is 6.00. The Morgan fingerprint density at radius 2 is 2.17 bits per heavy atom. The maximum absolute atomic E-state index is 11.8. The van der Waals surface area contributed by atoms with Gasteiger partial charge in [-0.3, -0.25) is 9.59 Å². The Bertz CT molecular complexity index is 507. The normalized spacial score (nSPS) is 11.9. The van der Waals surface area contributed by atoms with E-state index in [4.69, 9.17) is 5.11 Å². The summed E-state index contributed by atoms with van der Waals surface area (Å²) in [6.07, 6.45) is 2.24. The second-order valence-corrected chi connectivity index (χ2v) is 4.05. The van der Waals surface area contributed by atoms with Gasteiger partial charge in [0, 0.05) is 18.0 Å². The van der Waals surface area contributed by atoms with Crippen molar-refractivity contribution < 1.29 is 14.7 Å². The summed E-state index contributed by atoms with van der Waals surface area (Å²) in [5.41, 5.74) is 0.132. The first kappa shape index (κ1) is 14.0. The third-order valence-electron chi connectivity index (χ3n) is 2.48. The van der Waals surface area contributed by atoms with Crippen LogP contribution in [0.1, 0.15) is 35.8 Å². The molecule has 0 aliphatic heterocycles. The lowest BCUT2D eigenvalue weighted by Crippen LogP contribution is -2.42. The van der Waals surface area contributed by atoms with Gasteiger partial charge in [-0.2, -0.15) is 0 Å². The number of carbonyl (C=O) groups excluding carboxylic acids is 1. The van der Waals surface area contributed by atoms with Crippen LogP contribution in [0.25, 0.3) is 0 Å². The number of pyridine rings is 1. The Hall–Kier alpha value is -2.11. The van der Waals surface area contributed by atoms with Gasteiger partial charge in [-0.15, -0.1) is 0 Å². The van der Waals surface area contributed by atoms with Crippen molar-refractivity contribution in [3.63, 3.8) is 0 Å². The topological polar surface area (TPSA) is 99.3 Å². The molecule has 0 fully saturated rings. The molecule has 1 aromatic heterocycles. The van der Waals surface area contributed by atoms with E-state index in [-0.39, 0.29) is 5.56 Å². The van der Waals surface area contributed by atoms with Crippen molar-refractivity contribution in [2.75, 3.05) is 0 Å². The van der Waals surface area contributed by atoms with Gasteiger partial charge in [0.2, 0.25) is 0 Å². The summed E-state index contributed by atoms with van der Waals surface area (Å²) in [5.74, 6) is -1.77. The van der Waals surface area contributed by atoms with E-state index in [1.54, 1.807) is 6.92 Å². The lowest BCUT2D eigenvalue weighted by molar-refractivity contribution is -0.139. The van der Waals surface area contributed by atoms with Crippen LogP contribution in [0.2, 0.25) is 0 Å². The van der Waals surface area contributed by atoms with Gasteiger partial charge in [0.25, 0.3) is 5.91 Å². The molecule has 3 N–H and O–H groups in total. The lowest BCUT2D eigenvalue weighted by Gasteiger charge is -2.13. The SMILES string of the molecule is CCC[C@@H](NC(=O)c1c[nH]c(C)cc1=O)C(=O)O. The monoisotopic (exact) mass is 252 g/mol. The van der Waals surface area contributed by atoms with Gasteiger partial charge < -0.3 is 15.4 Å². The maximum atomic E-state index is 11.8. The molecule has 0 aliphatic rings. The number of hydrogen-bond donors (Lipinski definition) is 3. The number of aliphatic carboxylic acids is 1. The molecule has 0 bridgehead atoms. The van der Waals surface area contributed by atoms with Crippen LogP contribution >= 0.6 is 0 Å². The predicted octanol–water partition coefficient (Wildman–Crippen LogP) is 0.666. The largest absolute Gasteiger partial charge is 0.480 e. The first-order chi connectivity index (χ1) is 8.45. The number of carbonyl (C=O) groups is 2. The van der Waals surface area contributed by atoms with Crippen LogP contribution in [0.4, 0.5) is 0 Å². The summed E-state index contributed by atoms with van der Waals surface area (Å²) in [5, 5.41) is 11.2. The standard InChI is InChI=1S/C12H16N2O4/c1-3-4-9(12(17)18)14-11(16)8-6-13-7(2)5-10(8)15/h5-6,9H,3-4H2,1-2H3,(H,13,15)(H,14,16)(H,17,18)/t9-/m1/s1. The smallest absolute Gasteiger partial charge is 0.326 e. The minimum Gasteiger partial charge on any atom is -0.480 e. The summed E-state index contributed by atoms with van der Waals surface area (Å²) in [7, 11) is 0. The van der Waals surface area contributed by atoms with Crippen molar-refractivity contribution >= 4 is 11.9 Å². The zero-order valence-corrected chi connectivity index (χ0v) is 10.3. The van der Waals surface area contributed by atoms with Crippen molar-refractivity contribution in [3.05, 3.63) is 33.7 Å². The fourth-order valence-corrected chi connectivity index (χ4v) is 1.53. The second-order valence-electron chi connectivity index (χ2n) is 4.05. The number of carboxylic acid groups (broad SMARTS) is 1. The van der Waals surface area contributed by atoms with Crippen LogP contribution in [0.5, 0.6) is 0 Å². The van der Waals surface area contributed by atoms with Gasteiger partial charge >= 0.3 is 5.97 Å². The molecule has 0 unspecified atom stereocenters. The number of H-pyrrole nitrogens is 1. The Balaban J connectivity index is 2.87. The zero-order valence-electron chi connectivity index (χ0n) is 10.3. The average Bonchev–Trinajstić information content (AvgIpc) is 2.27. The number of nitrogens with one attached hydrogen (secondary N) is 2. The highest BCUT2D eigenvalue weighted by molar-refractivity contribution is 5.96. The molecule has 1 aromatic rings. The molecule has 0 spiro atoms. The molecule has 1 amide bonds. The van der Waals surface area contributed by atoms with Gasteiger partial charge in [0.1, 0.15) is 11.6 Å². The summed E-state index contributed by atoms with van der Waals surface area (Å²) < 4.78 is 0. The molecule has 6 heteroatoms. The summed E-state index contributed by atoms with van der Waals surface area (Å²) in [6.45, 7) is 3.51. The molecular weight excluding hydrogens is 236 g/mol. The van der Waals surface area contributed by atoms with Gasteiger partial charge in [-0.25, -0.2) is 4.79 Å². The van der Waals surface area contributed by atoms with E-state index in [0.29, 0.717) is 18.5 Å². The quantitative estimate of drug-likeness (QED) is 0.717. The van der Waals surface area contributed by atoms with Crippen molar-refractivity contribution in [1.29, 1.82) is 0 Å². The van der Waals surface area contributed by atoms with Gasteiger partial charge in [-0.05, 0) is 13.3 Å². The van der Waals surface area contributed by atoms with Crippen molar-refractivity contribution in [2.24, 2.45) is 0 Å².